The number of carbonyl (C=O) groups is 2. The van der Waals surface area contributed by atoms with Crippen molar-refractivity contribution in [2.24, 2.45) is 5.73 Å². The minimum atomic E-state index is -4.42. The van der Waals surface area contributed by atoms with Crippen LogP contribution in [0.25, 0.3) is 0 Å². The van der Waals surface area contributed by atoms with E-state index in [1.165, 1.54) is 57.8 Å². The first-order chi connectivity index (χ1) is 27.2. The van der Waals surface area contributed by atoms with E-state index in [4.69, 9.17) is 24.3 Å². The average molecular weight is 806 g/mol. The van der Waals surface area contributed by atoms with Gasteiger partial charge < -0.3 is 25.2 Å². The molecule has 0 amide bonds. The SMILES string of the molecule is CCCCC/C=C\C[C@@H](O)/C=C/C=C\C/C=C\CCCC(=O)OC[C@H](COP(=O)(O)OCCN)OC(=O)CCC/C=C\C/C=C\C/C=C\CCCCCCCC. The molecule has 320 valence electrons. The molecule has 11 heteroatoms. The largest absolute Gasteiger partial charge is 0.472 e. The molecular weight excluding hydrogens is 729 g/mol. The Hall–Kier alpha value is -2.85. The number of phosphoric ester groups is 1. The van der Waals surface area contributed by atoms with Gasteiger partial charge in [0, 0.05) is 19.4 Å². The summed E-state index contributed by atoms with van der Waals surface area (Å²) in [5, 5.41) is 10.0. The number of allylic oxidation sites excluding steroid dienone is 12. The molecule has 0 aliphatic carbocycles. The Labute approximate surface area is 339 Å². The second-order valence-corrected chi connectivity index (χ2v) is 15.2. The molecule has 1 unspecified atom stereocenters. The van der Waals surface area contributed by atoms with Crippen LogP contribution in [0.15, 0.2) is 85.1 Å². The highest BCUT2D eigenvalue weighted by atomic mass is 31.2. The number of aliphatic hydroxyl groups is 1. The smallest absolute Gasteiger partial charge is 0.462 e. The third kappa shape index (κ3) is 39.4. The number of nitrogens with two attached hydrogens (primary N) is 1. The quantitative estimate of drug-likeness (QED) is 0.0180. The molecule has 56 heavy (non-hydrogen) atoms. The van der Waals surface area contributed by atoms with Crippen LogP contribution in [-0.2, 0) is 32.7 Å². The van der Waals surface area contributed by atoms with Gasteiger partial charge in [-0.1, -0.05) is 144 Å². The Kier molecular flexibility index (Phi) is 38.3. The van der Waals surface area contributed by atoms with Gasteiger partial charge in [0.15, 0.2) is 6.10 Å². The van der Waals surface area contributed by atoms with Crippen molar-refractivity contribution in [2.75, 3.05) is 26.4 Å². The van der Waals surface area contributed by atoms with Crippen LogP contribution in [0, 0.1) is 0 Å². The van der Waals surface area contributed by atoms with E-state index in [-0.39, 0.29) is 32.6 Å². The summed E-state index contributed by atoms with van der Waals surface area (Å²) in [6.07, 6.45) is 46.6. The van der Waals surface area contributed by atoms with Crippen LogP contribution in [-0.4, -0.2) is 60.5 Å². The topological polar surface area (TPSA) is 155 Å². The maximum absolute atomic E-state index is 12.5. The van der Waals surface area contributed by atoms with Gasteiger partial charge in [-0.15, -0.1) is 0 Å². The number of ether oxygens (including phenoxy) is 2. The molecule has 4 N–H and O–H groups in total. The number of hydrogen-bond donors (Lipinski definition) is 3. The van der Waals surface area contributed by atoms with E-state index < -0.39 is 38.6 Å². The first-order valence-corrected chi connectivity index (χ1v) is 22.7. The monoisotopic (exact) mass is 806 g/mol. The van der Waals surface area contributed by atoms with Crippen LogP contribution in [0.2, 0.25) is 0 Å². The molecule has 3 atom stereocenters. The van der Waals surface area contributed by atoms with E-state index in [2.05, 4.69) is 50.3 Å². The van der Waals surface area contributed by atoms with E-state index >= 15 is 0 Å². The van der Waals surface area contributed by atoms with E-state index in [9.17, 15) is 24.2 Å². The Morgan fingerprint density at radius 3 is 1.79 bits per heavy atom. The van der Waals surface area contributed by atoms with Gasteiger partial charge in [0.1, 0.15) is 6.61 Å². The number of aliphatic hydroxyl groups excluding tert-OH is 1. The molecule has 0 aromatic rings. The normalized spacial score (nSPS) is 14.7. The van der Waals surface area contributed by atoms with Crippen molar-refractivity contribution in [1.29, 1.82) is 0 Å². The molecule has 0 aliphatic rings. The summed E-state index contributed by atoms with van der Waals surface area (Å²) < 4.78 is 32.6. The highest BCUT2D eigenvalue weighted by Crippen LogP contribution is 2.43. The summed E-state index contributed by atoms with van der Waals surface area (Å²) in [4.78, 5) is 34.8. The Morgan fingerprint density at radius 1 is 0.625 bits per heavy atom. The molecule has 0 fully saturated rings. The molecule has 0 rings (SSSR count). The van der Waals surface area contributed by atoms with Crippen molar-refractivity contribution in [3.63, 3.8) is 0 Å². The number of rotatable bonds is 38. The molecular formula is C45H76NO9P. The van der Waals surface area contributed by atoms with Crippen LogP contribution in [0.4, 0.5) is 0 Å². The zero-order valence-electron chi connectivity index (χ0n) is 34.7. The zero-order valence-corrected chi connectivity index (χ0v) is 35.6. The first-order valence-electron chi connectivity index (χ1n) is 21.2. The van der Waals surface area contributed by atoms with Gasteiger partial charge in [-0.05, 0) is 77.0 Å². The van der Waals surface area contributed by atoms with Gasteiger partial charge in [0.05, 0.1) is 19.3 Å². The highest BCUT2D eigenvalue weighted by molar-refractivity contribution is 7.47. The molecule has 0 bridgehead atoms. The van der Waals surface area contributed by atoms with E-state index in [1.807, 2.05) is 42.5 Å². The Morgan fingerprint density at radius 2 is 1.14 bits per heavy atom. The first kappa shape index (κ1) is 53.1. The zero-order chi connectivity index (χ0) is 41.2. The number of hydrogen-bond acceptors (Lipinski definition) is 9. The van der Waals surface area contributed by atoms with Gasteiger partial charge in [-0.2, -0.15) is 0 Å². The van der Waals surface area contributed by atoms with Gasteiger partial charge in [0.2, 0.25) is 0 Å². The minimum absolute atomic E-state index is 0.0250. The fourth-order valence-electron chi connectivity index (χ4n) is 5.14. The van der Waals surface area contributed by atoms with E-state index in [0.29, 0.717) is 32.1 Å². The fourth-order valence-corrected chi connectivity index (χ4v) is 5.90. The van der Waals surface area contributed by atoms with E-state index in [1.54, 1.807) is 6.08 Å². The Bertz CT molecular complexity index is 1210. The summed E-state index contributed by atoms with van der Waals surface area (Å²) in [6.45, 7) is 3.46. The van der Waals surface area contributed by atoms with Crippen LogP contribution in [0.3, 0.4) is 0 Å². The van der Waals surface area contributed by atoms with Crippen molar-refractivity contribution in [3.8, 4) is 0 Å². The standard InChI is InChI=1S/C45H76NO9P/c1-3-5-7-9-11-12-13-14-15-16-17-18-19-20-25-29-33-37-45(49)55-43(41-54-56(50,51)53-39-38-46)40-52-44(48)36-32-28-24-22-21-23-27-31-35-42(47)34-30-26-10-8-6-4-2/h14-15,17-18,20,22-27,30-31,35,42-43,47H,3-13,16,19,21,28-29,32-34,36-41,46H2,1-2H3,(H,50,51)/b15-14-,18-17-,24-22-,25-20-,27-23-,30-26-,35-31+/t42-,43-/m1/s1. The second-order valence-electron chi connectivity index (χ2n) is 13.7. The number of phosphoric acid groups is 1. The molecule has 0 aromatic heterocycles. The number of esters is 2. The van der Waals surface area contributed by atoms with Gasteiger partial charge >= 0.3 is 19.8 Å². The summed E-state index contributed by atoms with van der Waals surface area (Å²) in [7, 11) is -4.42. The van der Waals surface area contributed by atoms with Crippen LogP contribution < -0.4 is 5.73 Å². The lowest BCUT2D eigenvalue weighted by Gasteiger charge is -2.19. The molecule has 0 saturated carbocycles. The maximum Gasteiger partial charge on any atom is 0.472 e. The third-order valence-electron chi connectivity index (χ3n) is 8.33. The lowest BCUT2D eigenvalue weighted by atomic mass is 10.1. The molecule has 0 heterocycles. The highest BCUT2D eigenvalue weighted by Gasteiger charge is 2.25. The van der Waals surface area contributed by atoms with E-state index in [0.717, 1.165) is 32.1 Å². The summed E-state index contributed by atoms with van der Waals surface area (Å²) in [6, 6.07) is 0. The Balaban J connectivity index is 4.43. The predicted molar refractivity (Wildman–Crippen MR) is 230 cm³/mol. The molecule has 0 aromatic carbocycles. The molecule has 10 nitrogen and oxygen atoms in total. The van der Waals surface area contributed by atoms with Gasteiger partial charge in [0.25, 0.3) is 0 Å². The van der Waals surface area contributed by atoms with Crippen molar-refractivity contribution < 1.29 is 42.7 Å². The summed E-state index contributed by atoms with van der Waals surface area (Å²) in [5.74, 6) is -1.00. The van der Waals surface area contributed by atoms with Crippen molar-refractivity contribution in [2.45, 2.75) is 161 Å². The molecule has 0 spiro atoms. The predicted octanol–water partition coefficient (Wildman–Crippen LogP) is 11.0. The van der Waals surface area contributed by atoms with Crippen molar-refractivity contribution >= 4 is 19.8 Å². The second kappa shape index (κ2) is 40.4. The summed E-state index contributed by atoms with van der Waals surface area (Å²) >= 11 is 0. The number of unbranched alkanes of at least 4 members (excludes halogenated alkanes) is 11. The molecule has 0 aliphatic heterocycles. The lowest BCUT2D eigenvalue weighted by molar-refractivity contribution is -0.161. The maximum atomic E-state index is 12.5. The third-order valence-corrected chi connectivity index (χ3v) is 9.32. The number of carbonyl (C=O) groups excluding carboxylic acids is 2. The summed E-state index contributed by atoms with van der Waals surface area (Å²) in [5.41, 5.74) is 5.33. The lowest BCUT2D eigenvalue weighted by Crippen LogP contribution is -2.29. The molecule has 0 saturated heterocycles. The van der Waals surface area contributed by atoms with Crippen molar-refractivity contribution in [3.05, 3.63) is 85.1 Å². The van der Waals surface area contributed by atoms with Crippen LogP contribution >= 0.6 is 7.82 Å². The van der Waals surface area contributed by atoms with Crippen LogP contribution in [0.1, 0.15) is 149 Å². The van der Waals surface area contributed by atoms with Gasteiger partial charge in [-0.3, -0.25) is 18.6 Å². The van der Waals surface area contributed by atoms with Gasteiger partial charge in [-0.25, -0.2) is 4.57 Å². The average Bonchev–Trinajstić information content (AvgIpc) is 3.18. The fraction of sp³-hybridized carbons (Fsp3) is 0.644. The minimum Gasteiger partial charge on any atom is -0.462 e. The van der Waals surface area contributed by atoms with Crippen LogP contribution in [0.5, 0.6) is 0 Å². The van der Waals surface area contributed by atoms with Crippen molar-refractivity contribution in [1.82, 2.24) is 0 Å². The molecule has 0 radical (unpaired) electrons.